The molecule has 1 fully saturated rings. The molecular formula is C26H36N4O2. The first kappa shape index (κ1) is 23.8. The minimum atomic E-state index is -0.0863. The van der Waals surface area contributed by atoms with Crippen molar-refractivity contribution in [2.45, 2.75) is 52.5 Å². The van der Waals surface area contributed by atoms with Crippen molar-refractivity contribution in [3.05, 3.63) is 59.8 Å². The lowest BCUT2D eigenvalue weighted by Crippen LogP contribution is -2.50. The molecule has 1 aromatic carbocycles. The van der Waals surface area contributed by atoms with Gasteiger partial charge in [-0.2, -0.15) is 0 Å². The molecule has 2 unspecified atom stereocenters. The second-order valence-electron chi connectivity index (χ2n) is 9.09. The lowest BCUT2D eigenvalue weighted by molar-refractivity contribution is -0.133. The Bertz CT molecular complexity index is 874. The maximum Gasteiger partial charge on any atom is 0.253 e. The van der Waals surface area contributed by atoms with E-state index in [4.69, 9.17) is 0 Å². The van der Waals surface area contributed by atoms with Crippen molar-refractivity contribution in [2.75, 3.05) is 31.1 Å². The van der Waals surface area contributed by atoms with E-state index < -0.39 is 0 Å². The molecule has 0 bridgehead atoms. The third-order valence-electron chi connectivity index (χ3n) is 6.04. The maximum atomic E-state index is 13.1. The molecule has 1 aliphatic rings. The number of amides is 2. The molecule has 2 amide bonds. The topological polar surface area (TPSA) is 65.5 Å². The van der Waals surface area contributed by atoms with Gasteiger partial charge in [0.2, 0.25) is 5.91 Å². The molecule has 2 aromatic rings. The number of aromatic nitrogens is 1. The van der Waals surface area contributed by atoms with E-state index in [0.29, 0.717) is 24.6 Å². The monoisotopic (exact) mass is 436 g/mol. The highest BCUT2D eigenvalue weighted by atomic mass is 16.2. The summed E-state index contributed by atoms with van der Waals surface area (Å²) in [6, 6.07) is 13.9. The molecule has 0 radical (unpaired) electrons. The van der Waals surface area contributed by atoms with Gasteiger partial charge in [-0.3, -0.25) is 9.59 Å². The zero-order chi connectivity index (χ0) is 23.1. The van der Waals surface area contributed by atoms with Gasteiger partial charge in [0.25, 0.3) is 5.91 Å². The highest BCUT2D eigenvalue weighted by Crippen LogP contribution is 2.23. The van der Waals surface area contributed by atoms with Crippen LogP contribution in [0.25, 0.3) is 0 Å². The Labute approximate surface area is 192 Å². The molecule has 2 atom stereocenters. The lowest BCUT2D eigenvalue weighted by Gasteiger charge is -2.37. The second-order valence-corrected chi connectivity index (χ2v) is 9.09. The molecule has 6 heteroatoms. The van der Waals surface area contributed by atoms with E-state index in [0.717, 1.165) is 37.3 Å². The van der Waals surface area contributed by atoms with Crippen LogP contribution in [0, 0.1) is 5.92 Å². The summed E-state index contributed by atoms with van der Waals surface area (Å²) >= 11 is 0. The van der Waals surface area contributed by atoms with E-state index in [-0.39, 0.29) is 23.8 Å². The molecule has 1 aliphatic heterocycles. The van der Waals surface area contributed by atoms with Crippen molar-refractivity contribution in [3.63, 3.8) is 0 Å². The molecule has 6 nitrogen and oxygen atoms in total. The third kappa shape index (κ3) is 6.09. The van der Waals surface area contributed by atoms with Crippen molar-refractivity contribution >= 4 is 17.6 Å². The predicted molar refractivity (Wildman–Crippen MR) is 129 cm³/mol. The van der Waals surface area contributed by atoms with Gasteiger partial charge in [-0.15, -0.1) is 0 Å². The Kier molecular flexibility index (Phi) is 8.26. The predicted octanol–water partition coefficient (Wildman–Crippen LogP) is 4.09. The quantitative estimate of drug-likeness (QED) is 0.677. The van der Waals surface area contributed by atoms with E-state index in [9.17, 15) is 9.59 Å². The molecule has 1 saturated heterocycles. The number of carbonyl (C=O) groups is 2. The van der Waals surface area contributed by atoms with Gasteiger partial charge in [-0.1, -0.05) is 51.1 Å². The average molecular weight is 437 g/mol. The van der Waals surface area contributed by atoms with Crippen LogP contribution >= 0.6 is 0 Å². The van der Waals surface area contributed by atoms with Gasteiger partial charge in [-0.05, 0) is 43.4 Å². The summed E-state index contributed by atoms with van der Waals surface area (Å²) < 4.78 is 0. The van der Waals surface area contributed by atoms with Gasteiger partial charge in [0.05, 0.1) is 11.5 Å². The summed E-state index contributed by atoms with van der Waals surface area (Å²) in [6.07, 6.45) is 3.39. The van der Waals surface area contributed by atoms with E-state index in [1.807, 2.05) is 54.3 Å². The fourth-order valence-corrected chi connectivity index (χ4v) is 4.40. The fraction of sp³-hybridized carbons (Fsp3) is 0.500. The summed E-state index contributed by atoms with van der Waals surface area (Å²) in [6.45, 7) is 11.2. The summed E-state index contributed by atoms with van der Waals surface area (Å²) in [5.41, 5.74) is 1.66. The van der Waals surface area contributed by atoms with Gasteiger partial charge in [0.1, 0.15) is 5.82 Å². The normalized spacial score (nSPS) is 16.0. The standard InChI is InChI=1S/C26H36N4O2/c1-5-23(21-9-7-6-8-10-21)26(32)30-15-13-29(14-16-30)24-12-11-22(18-27-24)25(31)28-20(4)17-19(2)3/h6-12,18-20,23H,5,13-17H2,1-4H3,(H,28,31). The number of pyridine rings is 1. The van der Waals surface area contributed by atoms with Crippen LogP contribution in [-0.4, -0.2) is 53.9 Å². The molecule has 0 saturated carbocycles. The van der Waals surface area contributed by atoms with Crippen molar-refractivity contribution in [1.82, 2.24) is 15.2 Å². The van der Waals surface area contributed by atoms with Crippen LogP contribution in [0.3, 0.4) is 0 Å². The molecule has 0 aliphatic carbocycles. The lowest BCUT2D eigenvalue weighted by atomic mass is 9.95. The van der Waals surface area contributed by atoms with Crippen molar-refractivity contribution in [2.24, 2.45) is 5.92 Å². The largest absolute Gasteiger partial charge is 0.353 e. The maximum absolute atomic E-state index is 13.1. The number of piperazine rings is 1. The summed E-state index contributed by atoms with van der Waals surface area (Å²) in [5, 5.41) is 3.04. The van der Waals surface area contributed by atoms with Crippen LogP contribution in [0.4, 0.5) is 5.82 Å². The highest BCUT2D eigenvalue weighted by molar-refractivity contribution is 5.94. The molecule has 0 spiro atoms. The Morgan fingerprint density at radius 3 is 2.25 bits per heavy atom. The number of nitrogens with zero attached hydrogens (tertiary/aromatic N) is 3. The van der Waals surface area contributed by atoms with Crippen LogP contribution in [0.1, 0.15) is 62.4 Å². The molecule has 2 heterocycles. The van der Waals surface area contributed by atoms with E-state index in [1.165, 1.54) is 0 Å². The summed E-state index contributed by atoms with van der Waals surface area (Å²) in [5.74, 6) is 1.42. The average Bonchev–Trinajstić information content (AvgIpc) is 2.80. The van der Waals surface area contributed by atoms with Gasteiger partial charge >= 0.3 is 0 Å². The Morgan fingerprint density at radius 2 is 1.69 bits per heavy atom. The number of carbonyl (C=O) groups excluding carboxylic acids is 2. The number of benzene rings is 1. The Morgan fingerprint density at radius 1 is 1.00 bits per heavy atom. The molecule has 32 heavy (non-hydrogen) atoms. The van der Waals surface area contributed by atoms with Crippen molar-refractivity contribution in [1.29, 1.82) is 0 Å². The zero-order valence-corrected chi connectivity index (χ0v) is 19.8. The van der Waals surface area contributed by atoms with Gasteiger partial charge in [-0.25, -0.2) is 4.98 Å². The highest BCUT2D eigenvalue weighted by Gasteiger charge is 2.28. The molecule has 1 aromatic heterocycles. The molecule has 1 N–H and O–H groups in total. The number of nitrogens with one attached hydrogen (secondary N) is 1. The molecular weight excluding hydrogens is 400 g/mol. The minimum Gasteiger partial charge on any atom is -0.353 e. The first-order chi connectivity index (χ1) is 15.4. The number of hydrogen-bond acceptors (Lipinski definition) is 4. The second kappa shape index (κ2) is 11.1. The van der Waals surface area contributed by atoms with Crippen LogP contribution in [0.5, 0.6) is 0 Å². The number of anilines is 1. The fourth-order valence-electron chi connectivity index (χ4n) is 4.40. The smallest absolute Gasteiger partial charge is 0.253 e. The van der Waals surface area contributed by atoms with Gasteiger partial charge < -0.3 is 15.1 Å². The van der Waals surface area contributed by atoms with Crippen molar-refractivity contribution in [3.8, 4) is 0 Å². The number of hydrogen-bond donors (Lipinski definition) is 1. The first-order valence-electron chi connectivity index (χ1n) is 11.7. The van der Waals surface area contributed by atoms with E-state index >= 15 is 0 Å². The zero-order valence-electron chi connectivity index (χ0n) is 19.8. The van der Waals surface area contributed by atoms with E-state index in [2.05, 4.69) is 36.0 Å². The summed E-state index contributed by atoms with van der Waals surface area (Å²) in [7, 11) is 0. The van der Waals surface area contributed by atoms with Gasteiger partial charge in [0, 0.05) is 38.4 Å². The third-order valence-corrected chi connectivity index (χ3v) is 6.04. The summed E-state index contributed by atoms with van der Waals surface area (Å²) in [4.78, 5) is 34.2. The first-order valence-corrected chi connectivity index (χ1v) is 11.7. The van der Waals surface area contributed by atoms with Crippen LogP contribution in [0.2, 0.25) is 0 Å². The molecule has 3 rings (SSSR count). The molecule has 172 valence electrons. The van der Waals surface area contributed by atoms with Crippen LogP contribution in [-0.2, 0) is 4.79 Å². The van der Waals surface area contributed by atoms with Gasteiger partial charge in [0.15, 0.2) is 0 Å². The van der Waals surface area contributed by atoms with E-state index in [1.54, 1.807) is 6.20 Å². The SMILES string of the molecule is CCC(C(=O)N1CCN(c2ccc(C(=O)NC(C)CC(C)C)cn2)CC1)c1ccccc1. The van der Waals surface area contributed by atoms with Crippen LogP contribution in [0.15, 0.2) is 48.7 Å². The van der Waals surface area contributed by atoms with Crippen LogP contribution < -0.4 is 10.2 Å². The van der Waals surface area contributed by atoms with Crippen molar-refractivity contribution < 1.29 is 9.59 Å². The Balaban J connectivity index is 1.55. The Hall–Kier alpha value is -2.89. The minimum absolute atomic E-state index is 0.0841. The number of rotatable bonds is 8.